The fourth-order valence-corrected chi connectivity index (χ4v) is 9.70. The maximum absolute atomic E-state index is 14.2. The zero-order valence-corrected chi connectivity index (χ0v) is 33.7. The molecular weight excluding hydrogens is 755 g/mol. The van der Waals surface area contributed by atoms with Crippen molar-refractivity contribution in [2.75, 3.05) is 20.2 Å². The lowest BCUT2D eigenvalue weighted by Crippen LogP contribution is -2.44. The van der Waals surface area contributed by atoms with Crippen molar-refractivity contribution in [3.8, 4) is 23.5 Å². The van der Waals surface area contributed by atoms with Crippen LogP contribution in [0.25, 0.3) is 54.7 Å². The van der Waals surface area contributed by atoms with Gasteiger partial charge in [0, 0.05) is 36.3 Å². The predicted octanol–water partition coefficient (Wildman–Crippen LogP) is 8.23. The quantitative estimate of drug-likeness (QED) is 0.111. The summed E-state index contributed by atoms with van der Waals surface area (Å²) < 4.78 is 4.82. The zero-order chi connectivity index (χ0) is 41.3. The van der Waals surface area contributed by atoms with Gasteiger partial charge >= 0.3 is 12.1 Å². The minimum Gasteiger partial charge on any atom is -0.453 e. The van der Waals surface area contributed by atoms with E-state index >= 15 is 0 Å². The summed E-state index contributed by atoms with van der Waals surface area (Å²) in [5.41, 5.74) is 5.10. The Bertz CT molecular complexity index is 2910. The Labute approximate surface area is 346 Å². The molecule has 1 aliphatic heterocycles. The van der Waals surface area contributed by atoms with Gasteiger partial charge in [-0.3, -0.25) is 4.79 Å². The number of amides is 2. The predicted molar refractivity (Wildman–Crippen MR) is 229 cm³/mol. The number of ether oxygens (including phenoxy) is 1. The number of hydrogen-bond acceptors (Lipinski definition) is 8. The second-order valence-electron chi connectivity index (χ2n) is 16.8. The molecule has 302 valence electrons. The molecule has 2 saturated carbocycles. The van der Waals surface area contributed by atoms with Gasteiger partial charge in [-0.1, -0.05) is 68.4 Å². The molecule has 4 atom stereocenters. The fraction of sp³-hybridized carbons (Fsp3) is 0.312. The van der Waals surface area contributed by atoms with E-state index in [1.165, 1.54) is 7.11 Å². The third kappa shape index (κ3) is 6.06. The number of hydroxylamine groups is 2. The number of H-pyrrole nitrogens is 2. The lowest BCUT2D eigenvalue weighted by atomic mass is 9.89. The summed E-state index contributed by atoms with van der Waals surface area (Å²) in [4.78, 5) is 64.2. The van der Waals surface area contributed by atoms with Gasteiger partial charge < -0.3 is 29.8 Å². The van der Waals surface area contributed by atoms with Crippen molar-refractivity contribution in [1.82, 2.24) is 35.2 Å². The van der Waals surface area contributed by atoms with E-state index in [1.807, 2.05) is 43.2 Å². The van der Waals surface area contributed by atoms with E-state index in [4.69, 9.17) is 26.0 Å². The number of fused-ring (bicyclic) bond motifs is 7. The van der Waals surface area contributed by atoms with Gasteiger partial charge in [0.1, 0.15) is 17.2 Å². The number of piperidine rings is 1. The van der Waals surface area contributed by atoms with Crippen LogP contribution in [0, 0.1) is 29.6 Å². The van der Waals surface area contributed by atoms with Crippen molar-refractivity contribution >= 4 is 61.6 Å². The molecule has 3 unspecified atom stereocenters. The van der Waals surface area contributed by atoms with Crippen molar-refractivity contribution in [2.24, 2.45) is 17.3 Å². The zero-order valence-electron chi connectivity index (χ0n) is 33.7. The van der Waals surface area contributed by atoms with E-state index in [1.54, 1.807) is 17.0 Å². The first-order valence-electron chi connectivity index (χ1n) is 20.6. The first-order valence-corrected chi connectivity index (χ1v) is 20.6. The van der Waals surface area contributed by atoms with E-state index in [-0.39, 0.29) is 30.4 Å². The third-order valence-corrected chi connectivity index (χ3v) is 13.2. The van der Waals surface area contributed by atoms with Crippen LogP contribution in [0.15, 0.2) is 91.0 Å². The van der Waals surface area contributed by atoms with Gasteiger partial charge in [0.2, 0.25) is 5.91 Å². The number of terminal acetylenes is 1. The highest BCUT2D eigenvalue weighted by Crippen LogP contribution is 2.62. The number of nitrogens with zero attached hydrogens (tertiary/aromatic N) is 4. The largest absolute Gasteiger partial charge is 0.453 e. The molecule has 12 heteroatoms. The molecule has 0 radical (unpaired) electrons. The number of methoxy groups -OCH3 is 1. The lowest BCUT2D eigenvalue weighted by molar-refractivity contribution is -0.140. The first-order chi connectivity index (χ1) is 29.1. The van der Waals surface area contributed by atoms with Gasteiger partial charge in [0.15, 0.2) is 0 Å². The van der Waals surface area contributed by atoms with E-state index in [9.17, 15) is 14.4 Å². The normalized spacial score (nSPS) is 21.9. The van der Waals surface area contributed by atoms with Crippen molar-refractivity contribution in [3.63, 3.8) is 0 Å². The molecular formula is C48H45N7O5. The molecule has 5 aromatic carbocycles. The van der Waals surface area contributed by atoms with Crippen molar-refractivity contribution in [1.29, 1.82) is 0 Å². The van der Waals surface area contributed by atoms with Crippen molar-refractivity contribution < 1.29 is 24.0 Å². The van der Waals surface area contributed by atoms with Crippen LogP contribution in [0.3, 0.4) is 0 Å². The van der Waals surface area contributed by atoms with Crippen LogP contribution in [0.4, 0.5) is 4.79 Å². The number of carbonyl (C=O) groups is 3. The molecule has 1 saturated heterocycles. The Morgan fingerprint density at radius 1 is 0.917 bits per heavy atom. The van der Waals surface area contributed by atoms with Gasteiger partial charge in [0.05, 0.1) is 46.7 Å². The molecule has 3 fully saturated rings. The molecule has 2 aliphatic carbocycles. The average Bonchev–Trinajstić information content (AvgIpc) is 3.98. The molecule has 10 rings (SSSR count). The summed E-state index contributed by atoms with van der Waals surface area (Å²) in [6.07, 6.45) is 7.89. The average molecular weight is 800 g/mol. The second kappa shape index (κ2) is 14.2. The Balaban J connectivity index is 0.902. The Kier molecular flexibility index (Phi) is 8.91. The van der Waals surface area contributed by atoms with E-state index in [2.05, 4.69) is 75.8 Å². The second-order valence-corrected chi connectivity index (χ2v) is 16.8. The Morgan fingerprint density at radius 2 is 1.60 bits per heavy atom. The molecule has 3 heterocycles. The number of hydrogen-bond donors (Lipinski definition) is 3. The van der Waals surface area contributed by atoms with Crippen molar-refractivity contribution in [2.45, 2.75) is 57.7 Å². The highest BCUT2D eigenvalue weighted by Gasteiger charge is 2.67. The van der Waals surface area contributed by atoms with Crippen LogP contribution in [0.5, 0.6) is 0 Å². The van der Waals surface area contributed by atoms with Crippen LogP contribution < -0.4 is 5.32 Å². The van der Waals surface area contributed by atoms with Crippen LogP contribution in [0.2, 0.25) is 0 Å². The van der Waals surface area contributed by atoms with Gasteiger partial charge in [0.25, 0.3) is 0 Å². The first kappa shape index (κ1) is 37.6. The molecule has 2 aromatic heterocycles. The molecule has 0 spiro atoms. The highest BCUT2D eigenvalue weighted by molar-refractivity contribution is 6.07. The van der Waals surface area contributed by atoms with Crippen LogP contribution >= 0.6 is 0 Å². The standard InChI is InChI=1S/C48H45N7O5/c1-5-6-21-54(45(57)47(28(2)3)26-39(47)51-46(58)59-4)27-40-49-37-18-14-32-23-30(12-16-35(32)41(37)52-40)31-13-17-36-33(24-31)15-19-38-42(36)53-44(50-38)48-25-34(48)20-22-55(48)60-43(56)29-10-8-7-9-11-29/h1,7-19,23-24,28,34,39H,6,20-22,25-27H2,2-4H3,(H,49,52)(H,50,53)(H,51,58)/t34-,39?,47?,48?/m0/s1. The number of aromatic nitrogens is 4. The van der Waals surface area contributed by atoms with Crippen LogP contribution in [-0.2, 0) is 26.5 Å². The maximum Gasteiger partial charge on any atom is 0.407 e. The topological polar surface area (TPSA) is 146 Å². The minimum absolute atomic E-state index is 0.00512. The molecule has 2 amide bonds. The number of rotatable bonds is 11. The number of benzene rings is 5. The molecule has 0 bridgehead atoms. The van der Waals surface area contributed by atoms with Crippen molar-refractivity contribution in [3.05, 3.63) is 108 Å². The molecule has 7 aromatic rings. The molecule has 3 aliphatic rings. The van der Waals surface area contributed by atoms with E-state index < -0.39 is 17.0 Å². The number of nitrogens with one attached hydrogen (secondary N) is 3. The summed E-state index contributed by atoms with van der Waals surface area (Å²) >= 11 is 0. The monoisotopic (exact) mass is 799 g/mol. The molecule has 12 nitrogen and oxygen atoms in total. The SMILES string of the molecule is C#CCCN(Cc1nc2c(ccc3cc(-c4ccc5c(ccc6[nH]c(C78C[C@@H]7CCN8OC(=O)c7ccccc7)nc65)c4)ccc32)[nH]1)C(=O)C1(C(C)C)CC1NC(=O)OC. The number of aromatic amines is 2. The van der Waals surface area contributed by atoms with Crippen LogP contribution in [-0.4, -0.2) is 74.1 Å². The van der Waals surface area contributed by atoms with E-state index in [0.717, 1.165) is 73.4 Å². The lowest BCUT2D eigenvalue weighted by Gasteiger charge is -2.29. The Morgan fingerprint density at radius 3 is 2.25 bits per heavy atom. The molecule has 3 N–H and O–H groups in total. The van der Waals surface area contributed by atoms with Gasteiger partial charge in [-0.2, -0.15) is 0 Å². The summed E-state index contributed by atoms with van der Waals surface area (Å²) in [6.45, 7) is 5.32. The van der Waals surface area contributed by atoms with Gasteiger partial charge in [-0.05, 0) is 89.4 Å². The van der Waals surface area contributed by atoms with Gasteiger partial charge in [-0.25, -0.2) is 19.6 Å². The third-order valence-electron chi connectivity index (χ3n) is 13.2. The van der Waals surface area contributed by atoms with Gasteiger partial charge in [-0.15, -0.1) is 17.4 Å². The smallest absolute Gasteiger partial charge is 0.407 e. The number of alkyl carbamates (subject to hydrolysis) is 1. The number of imidazole rings is 2. The van der Waals surface area contributed by atoms with E-state index in [0.29, 0.717) is 43.2 Å². The van der Waals surface area contributed by atoms with Crippen LogP contribution in [0.1, 0.15) is 61.5 Å². The summed E-state index contributed by atoms with van der Waals surface area (Å²) in [5, 5.41) is 8.87. The molecule has 60 heavy (non-hydrogen) atoms. The summed E-state index contributed by atoms with van der Waals surface area (Å²) in [6, 6.07) is 30.0. The highest BCUT2D eigenvalue weighted by atomic mass is 16.7. The summed E-state index contributed by atoms with van der Waals surface area (Å²) in [5.74, 6) is 4.16. The fourth-order valence-electron chi connectivity index (χ4n) is 9.70. The number of carbonyl (C=O) groups excluding carboxylic acids is 3. The minimum atomic E-state index is -0.730. The Hall–Kier alpha value is -6.71. The summed E-state index contributed by atoms with van der Waals surface area (Å²) in [7, 11) is 1.32. The maximum atomic E-state index is 14.2.